The molecule has 2 aliphatic carbocycles. The first-order valence-corrected chi connectivity index (χ1v) is 5.68. The fourth-order valence-corrected chi connectivity index (χ4v) is 3.54. The molecule has 0 amide bonds. The first-order chi connectivity index (χ1) is 6.00. The predicted molar refractivity (Wildman–Crippen MR) is 57.6 cm³/mol. The van der Waals surface area contributed by atoms with Gasteiger partial charge in [0.25, 0.3) is 0 Å². The van der Waals surface area contributed by atoms with Crippen molar-refractivity contribution in [1.82, 2.24) is 0 Å². The van der Waals surface area contributed by atoms with E-state index in [0.717, 1.165) is 5.92 Å². The molecule has 0 aliphatic heterocycles. The van der Waals surface area contributed by atoms with Crippen LogP contribution < -0.4 is 0 Å². The summed E-state index contributed by atoms with van der Waals surface area (Å²) in [5.74, 6) is 0.797. The minimum Gasteiger partial charge on any atom is -0.0788 e. The lowest BCUT2D eigenvalue weighted by Gasteiger charge is -2.53. The minimum atomic E-state index is 0.495. The Labute approximate surface area is 82.4 Å². The van der Waals surface area contributed by atoms with Crippen molar-refractivity contribution in [2.45, 2.75) is 53.4 Å². The summed E-state index contributed by atoms with van der Waals surface area (Å²) in [7, 11) is 0. The molecule has 0 nitrogen and oxygen atoms in total. The lowest BCUT2D eigenvalue weighted by atomic mass is 9.52. The summed E-state index contributed by atoms with van der Waals surface area (Å²) in [5, 5.41) is 0. The van der Waals surface area contributed by atoms with Crippen molar-refractivity contribution in [3.8, 4) is 0 Å². The van der Waals surface area contributed by atoms with E-state index < -0.39 is 0 Å². The summed E-state index contributed by atoms with van der Waals surface area (Å²) < 4.78 is 0. The highest BCUT2D eigenvalue weighted by molar-refractivity contribution is 5.25. The van der Waals surface area contributed by atoms with Gasteiger partial charge in [-0.25, -0.2) is 0 Å². The molecular formula is C13H22. The van der Waals surface area contributed by atoms with Crippen molar-refractivity contribution in [2.75, 3.05) is 0 Å². The summed E-state index contributed by atoms with van der Waals surface area (Å²) in [6.45, 7) is 9.56. The van der Waals surface area contributed by atoms with Gasteiger partial charge in [-0.1, -0.05) is 38.8 Å². The molecule has 1 fully saturated rings. The van der Waals surface area contributed by atoms with Crippen LogP contribution in [0.1, 0.15) is 53.4 Å². The quantitative estimate of drug-likeness (QED) is 0.529. The van der Waals surface area contributed by atoms with Gasteiger partial charge in [-0.05, 0) is 42.9 Å². The van der Waals surface area contributed by atoms with Crippen molar-refractivity contribution < 1.29 is 0 Å². The minimum absolute atomic E-state index is 0.495. The molecule has 0 heterocycles. The first kappa shape index (κ1) is 9.30. The van der Waals surface area contributed by atoms with Gasteiger partial charge in [0, 0.05) is 0 Å². The lowest BCUT2D eigenvalue weighted by molar-refractivity contribution is -0.0102. The van der Waals surface area contributed by atoms with Gasteiger partial charge in [-0.2, -0.15) is 0 Å². The van der Waals surface area contributed by atoms with Crippen LogP contribution in [-0.2, 0) is 0 Å². The molecule has 2 aliphatic rings. The van der Waals surface area contributed by atoms with Crippen LogP contribution >= 0.6 is 0 Å². The van der Waals surface area contributed by atoms with Crippen LogP contribution in [0.15, 0.2) is 11.6 Å². The van der Waals surface area contributed by atoms with E-state index in [9.17, 15) is 0 Å². The highest BCUT2D eigenvalue weighted by Gasteiger charge is 2.54. The molecule has 1 saturated carbocycles. The SMILES string of the molecule is CC1=CC(C)(C(C)C)C2(CCC2)C1. The van der Waals surface area contributed by atoms with E-state index in [4.69, 9.17) is 0 Å². The Hall–Kier alpha value is -0.260. The van der Waals surface area contributed by atoms with Crippen molar-refractivity contribution in [3.05, 3.63) is 11.6 Å². The van der Waals surface area contributed by atoms with Crippen LogP contribution in [0.25, 0.3) is 0 Å². The molecule has 0 N–H and O–H groups in total. The molecule has 1 atom stereocenters. The summed E-state index contributed by atoms with van der Waals surface area (Å²) in [4.78, 5) is 0. The van der Waals surface area contributed by atoms with Crippen LogP contribution in [0.3, 0.4) is 0 Å². The molecule has 1 unspecified atom stereocenters. The fraction of sp³-hybridized carbons (Fsp3) is 0.846. The van der Waals surface area contributed by atoms with Crippen LogP contribution in [0.5, 0.6) is 0 Å². The summed E-state index contributed by atoms with van der Waals surface area (Å²) in [6, 6.07) is 0. The summed E-state index contributed by atoms with van der Waals surface area (Å²) in [6.07, 6.45) is 8.34. The fourth-order valence-electron chi connectivity index (χ4n) is 3.54. The third-order valence-corrected chi connectivity index (χ3v) is 4.82. The van der Waals surface area contributed by atoms with Gasteiger partial charge >= 0.3 is 0 Å². The Kier molecular flexibility index (Phi) is 1.87. The Morgan fingerprint density at radius 3 is 2.23 bits per heavy atom. The van der Waals surface area contributed by atoms with Gasteiger partial charge in [0.15, 0.2) is 0 Å². The van der Waals surface area contributed by atoms with Crippen molar-refractivity contribution >= 4 is 0 Å². The Balaban J connectivity index is 2.33. The summed E-state index contributed by atoms with van der Waals surface area (Å²) >= 11 is 0. The lowest BCUT2D eigenvalue weighted by Crippen LogP contribution is -2.44. The van der Waals surface area contributed by atoms with E-state index >= 15 is 0 Å². The van der Waals surface area contributed by atoms with Crippen LogP contribution in [0.4, 0.5) is 0 Å². The van der Waals surface area contributed by atoms with Gasteiger partial charge in [-0.3, -0.25) is 0 Å². The van der Waals surface area contributed by atoms with E-state index in [2.05, 4.69) is 33.8 Å². The van der Waals surface area contributed by atoms with Gasteiger partial charge < -0.3 is 0 Å². The number of rotatable bonds is 1. The van der Waals surface area contributed by atoms with Crippen molar-refractivity contribution in [1.29, 1.82) is 0 Å². The Morgan fingerprint density at radius 2 is 1.92 bits per heavy atom. The van der Waals surface area contributed by atoms with Gasteiger partial charge in [0.05, 0.1) is 0 Å². The normalized spacial score (nSPS) is 36.5. The van der Waals surface area contributed by atoms with Crippen LogP contribution in [0.2, 0.25) is 0 Å². The topological polar surface area (TPSA) is 0 Å². The van der Waals surface area contributed by atoms with E-state index in [0.29, 0.717) is 10.8 Å². The molecule has 0 aromatic rings. The first-order valence-electron chi connectivity index (χ1n) is 5.68. The van der Waals surface area contributed by atoms with Gasteiger partial charge in [0.1, 0.15) is 0 Å². The van der Waals surface area contributed by atoms with E-state index in [-0.39, 0.29) is 0 Å². The second-order valence-electron chi connectivity index (χ2n) is 5.74. The van der Waals surface area contributed by atoms with E-state index in [1.165, 1.54) is 25.7 Å². The molecule has 2 rings (SSSR count). The van der Waals surface area contributed by atoms with Crippen LogP contribution in [-0.4, -0.2) is 0 Å². The largest absolute Gasteiger partial charge is 0.0788 e. The van der Waals surface area contributed by atoms with Gasteiger partial charge in [-0.15, -0.1) is 0 Å². The Bertz CT molecular complexity index is 243. The maximum atomic E-state index is 2.57. The van der Waals surface area contributed by atoms with E-state index in [1.54, 1.807) is 5.57 Å². The maximum absolute atomic E-state index is 2.57. The second kappa shape index (κ2) is 2.62. The molecule has 1 spiro atoms. The molecule has 0 bridgehead atoms. The Morgan fingerprint density at radius 1 is 1.31 bits per heavy atom. The average molecular weight is 178 g/mol. The zero-order chi connectivity index (χ0) is 9.69. The van der Waals surface area contributed by atoms with Gasteiger partial charge in [0.2, 0.25) is 0 Å². The standard InChI is InChI=1S/C13H22/c1-10(2)12(4)8-11(3)9-13(12)6-5-7-13/h8,10H,5-7,9H2,1-4H3. The molecular weight excluding hydrogens is 156 g/mol. The number of allylic oxidation sites excluding steroid dienone is 2. The zero-order valence-electron chi connectivity index (χ0n) is 9.48. The molecule has 0 aromatic carbocycles. The molecule has 0 aromatic heterocycles. The maximum Gasteiger partial charge on any atom is -0.00615 e. The van der Waals surface area contributed by atoms with Crippen molar-refractivity contribution in [2.24, 2.45) is 16.7 Å². The average Bonchev–Trinajstić information content (AvgIpc) is 2.22. The predicted octanol–water partition coefficient (Wildman–Crippen LogP) is 4.17. The third kappa shape index (κ3) is 1.04. The van der Waals surface area contributed by atoms with E-state index in [1.807, 2.05) is 0 Å². The second-order valence-corrected chi connectivity index (χ2v) is 5.74. The third-order valence-electron chi connectivity index (χ3n) is 4.82. The molecule has 74 valence electrons. The summed E-state index contributed by atoms with van der Waals surface area (Å²) in [5.41, 5.74) is 2.80. The van der Waals surface area contributed by atoms with Crippen LogP contribution in [0, 0.1) is 16.7 Å². The number of hydrogen-bond donors (Lipinski definition) is 0. The molecule has 13 heavy (non-hydrogen) atoms. The highest BCUT2D eigenvalue weighted by atomic mass is 14.6. The zero-order valence-corrected chi connectivity index (χ0v) is 9.48. The van der Waals surface area contributed by atoms with Crippen molar-refractivity contribution in [3.63, 3.8) is 0 Å². The monoisotopic (exact) mass is 178 g/mol. The molecule has 0 saturated heterocycles. The molecule has 0 radical (unpaired) electrons. The number of hydrogen-bond acceptors (Lipinski definition) is 0. The smallest absolute Gasteiger partial charge is 0.00615 e. The highest BCUT2D eigenvalue weighted by Crippen LogP contribution is 2.64. The molecule has 0 heteroatoms.